The first-order valence-corrected chi connectivity index (χ1v) is 14.6. The van der Waals surface area contributed by atoms with Crippen molar-refractivity contribution in [3.05, 3.63) is 158 Å². The summed E-state index contributed by atoms with van der Waals surface area (Å²) >= 11 is 0. The van der Waals surface area contributed by atoms with E-state index >= 15 is 0 Å². The monoisotopic (exact) mass is 562 g/mol. The molecule has 44 heavy (non-hydrogen) atoms. The second-order valence-corrected chi connectivity index (χ2v) is 10.8. The Hall–Kier alpha value is -6.00. The Labute approximate surface area is 255 Å². The first-order chi connectivity index (χ1) is 21.8. The van der Waals surface area contributed by atoms with Gasteiger partial charge in [-0.25, -0.2) is 4.98 Å². The third kappa shape index (κ3) is 4.89. The number of nitrogens with zero attached hydrogens (tertiary/aromatic N) is 4. The Morgan fingerprint density at radius 1 is 0.341 bits per heavy atom. The molecule has 8 aromatic rings. The van der Waals surface area contributed by atoms with Gasteiger partial charge in [0.25, 0.3) is 0 Å². The van der Waals surface area contributed by atoms with Gasteiger partial charge in [0.2, 0.25) is 0 Å². The van der Waals surface area contributed by atoms with Crippen LogP contribution >= 0.6 is 0 Å². The van der Waals surface area contributed by atoms with Crippen LogP contribution in [0.2, 0.25) is 0 Å². The van der Waals surface area contributed by atoms with Crippen LogP contribution in [0.25, 0.3) is 77.6 Å². The molecule has 0 atom stereocenters. The van der Waals surface area contributed by atoms with Crippen LogP contribution in [-0.4, -0.2) is 19.9 Å². The lowest BCUT2D eigenvalue weighted by atomic mass is 9.93. The Balaban J connectivity index is 1.11. The molecule has 8 rings (SSSR count). The SMILES string of the molecule is c1cncc(-c2cc(-c3ccc(-c4ccc(-c5ccc6ccc7cccnc7c6n5)cc4)cc3)cc(-c3cccnc3)c2)c1. The Morgan fingerprint density at radius 3 is 1.39 bits per heavy atom. The molecule has 4 heteroatoms. The zero-order valence-corrected chi connectivity index (χ0v) is 23.8. The van der Waals surface area contributed by atoms with E-state index in [4.69, 9.17) is 4.98 Å². The van der Waals surface area contributed by atoms with Gasteiger partial charge in [0.1, 0.15) is 0 Å². The number of hydrogen-bond acceptors (Lipinski definition) is 4. The Bertz CT molecular complexity index is 2190. The van der Waals surface area contributed by atoms with Crippen molar-refractivity contribution in [2.24, 2.45) is 0 Å². The number of aromatic nitrogens is 4. The van der Waals surface area contributed by atoms with Gasteiger partial charge in [0, 0.05) is 58.4 Å². The maximum absolute atomic E-state index is 5.01. The van der Waals surface area contributed by atoms with Gasteiger partial charge < -0.3 is 0 Å². The fourth-order valence-corrected chi connectivity index (χ4v) is 5.77. The molecule has 0 saturated carbocycles. The summed E-state index contributed by atoms with van der Waals surface area (Å²) in [6, 6.07) is 44.7. The molecule has 0 saturated heterocycles. The standard InChI is InChI=1S/C40H26N4/c1-5-33(25-41-19-1)36-22-35(23-37(24-36)34-6-2-20-42-26-34)29-9-7-27(8-10-29)28-11-13-30(14-12-28)38-18-17-32-16-15-31-4-3-21-43-39(31)40(32)44-38/h1-26H. The van der Waals surface area contributed by atoms with Crippen molar-refractivity contribution in [3.63, 3.8) is 0 Å². The molecule has 0 aliphatic carbocycles. The van der Waals surface area contributed by atoms with Crippen molar-refractivity contribution in [2.75, 3.05) is 0 Å². The molecule has 0 unspecified atom stereocenters. The molecule has 4 aromatic carbocycles. The van der Waals surface area contributed by atoms with E-state index in [1.165, 1.54) is 0 Å². The van der Waals surface area contributed by atoms with Crippen molar-refractivity contribution in [1.29, 1.82) is 0 Å². The van der Waals surface area contributed by atoms with Crippen molar-refractivity contribution in [2.45, 2.75) is 0 Å². The van der Waals surface area contributed by atoms with Crippen LogP contribution < -0.4 is 0 Å². The number of rotatable bonds is 5. The largest absolute Gasteiger partial charge is 0.264 e. The zero-order valence-electron chi connectivity index (χ0n) is 23.8. The van der Waals surface area contributed by atoms with Crippen LogP contribution in [0.4, 0.5) is 0 Å². The normalized spacial score (nSPS) is 11.2. The van der Waals surface area contributed by atoms with Crippen molar-refractivity contribution >= 4 is 21.8 Å². The summed E-state index contributed by atoms with van der Waals surface area (Å²) in [5.74, 6) is 0. The fourth-order valence-electron chi connectivity index (χ4n) is 5.77. The minimum atomic E-state index is 0.930. The summed E-state index contributed by atoms with van der Waals surface area (Å²) in [5, 5.41) is 2.19. The average Bonchev–Trinajstić information content (AvgIpc) is 3.12. The third-order valence-corrected chi connectivity index (χ3v) is 8.09. The van der Waals surface area contributed by atoms with Gasteiger partial charge in [0.05, 0.1) is 16.7 Å². The first-order valence-electron chi connectivity index (χ1n) is 14.6. The lowest BCUT2D eigenvalue weighted by molar-refractivity contribution is 1.32. The van der Waals surface area contributed by atoms with E-state index in [0.29, 0.717) is 0 Å². The van der Waals surface area contributed by atoms with Gasteiger partial charge in [-0.15, -0.1) is 0 Å². The Kier molecular flexibility index (Phi) is 6.43. The van der Waals surface area contributed by atoms with Gasteiger partial charge in [-0.3, -0.25) is 15.0 Å². The maximum atomic E-state index is 5.01. The van der Waals surface area contributed by atoms with Gasteiger partial charge in [-0.05, 0) is 75.8 Å². The second kappa shape index (κ2) is 11.0. The molecule has 0 radical (unpaired) electrons. The van der Waals surface area contributed by atoms with Crippen LogP contribution in [0.15, 0.2) is 158 Å². The van der Waals surface area contributed by atoms with Gasteiger partial charge in [-0.2, -0.15) is 0 Å². The molecule has 0 aliphatic heterocycles. The van der Waals surface area contributed by atoms with Crippen LogP contribution in [-0.2, 0) is 0 Å². The zero-order chi connectivity index (χ0) is 29.3. The summed E-state index contributed by atoms with van der Waals surface area (Å²) in [6.45, 7) is 0. The van der Waals surface area contributed by atoms with Crippen molar-refractivity contribution in [1.82, 2.24) is 19.9 Å². The highest BCUT2D eigenvalue weighted by molar-refractivity contribution is 6.03. The third-order valence-electron chi connectivity index (χ3n) is 8.09. The summed E-state index contributed by atoms with van der Waals surface area (Å²) in [4.78, 5) is 18.3. The van der Waals surface area contributed by atoms with Gasteiger partial charge in [-0.1, -0.05) is 84.9 Å². The lowest BCUT2D eigenvalue weighted by Crippen LogP contribution is -1.89. The molecule has 0 fully saturated rings. The minimum Gasteiger partial charge on any atom is -0.264 e. The van der Waals surface area contributed by atoms with E-state index in [2.05, 4.69) is 124 Å². The number of fused-ring (bicyclic) bond motifs is 3. The predicted octanol–water partition coefficient (Wildman–Crippen LogP) is 9.91. The number of pyridine rings is 4. The van der Waals surface area contributed by atoms with Gasteiger partial charge >= 0.3 is 0 Å². The molecule has 0 amide bonds. The highest BCUT2D eigenvalue weighted by atomic mass is 14.7. The molecular formula is C40H26N4. The quantitative estimate of drug-likeness (QED) is 0.196. The molecule has 0 aliphatic rings. The van der Waals surface area contributed by atoms with E-state index in [1.807, 2.05) is 36.8 Å². The van der Waals surface area contributed by atoms with E-state index in [9.17, 15) is 0 Å². The van der Waals surface area contributed by atoms with E-state index in [0.717, 1.165) is 77.6 Å². The molecule has 0 N–H and O–H groups in total. The summed E-state index contributed by atoms with van der Waals surface area (Å²) < 4.78 is 0. The average molecular weight is 563 g/mol. The molecule has 0 bridgehead atoms. The molecule has 4 aromatic heterocycles. The molecule has 206 valence electrons. The second-order valence-electron chi connectivity index (χ2n) is 10.8. The Morgan fingerprint density at radius 2 is 0.818 bits per heavy atom. The van der Waals surface area contributed by atoms with E-state index in [-0.39, 0.29) is 0 Å². The van der Waals surface area contributed by atoms with E-state index in [1.54, 1.807) is 12.4 Å². The van der Waals surface area contributed by atoms with Crippen LogP contribution in [0, 0.1) is 0 Å². The fraction of sp³-hybridized carbons (Fsp3) is 0. The molecule has 0 spiro atoms. The highest BCUT2D eigenvalue weighted by Crippen LogP contribution is 2.34. The van der Waals surface area contributed by atoms with Crippen LogP contribution in [0.5, 0.6) is 0 Å². The lowest BCUT2D eigenvalue weighted by Gasteiger charge is -2.12. The molecule has 4 nitrogen and oxygen atoms in total. The molecule has 4 heterocycles. The van der Waals surface area contributed by atoms with Crippen LogP contribution in [0.1, 0.15) is 0 Å². The maximum Gasteiger partial charge on any atom is 0.0972 e. The van der Waals surface area contributed by atoms with E-state index < -0.39 is 0 Å². The van der Waals surface area contributed by atoms with Crippen LogP contribution in [0.3, 0.4) is 0 Å². The topological polar surface area (TPSA) is 51.6 Å². The number of benzene rings is 4. The first kappa shape index (κ1) is 25.7. The predicted molar refractivity (Wildman–Crippen MR) is 180 cm³/mol. The minimum absolute atomic E-state index is 0.930. The summed E-state index contributed by atoms with van der Waals surface area (Å²) in [5.41, 5.74) is 12.9. The smallest absolute Gasteiger partial charge is 0.0972 e. The molecular weight excluding hydrogens is 536 g/mol. The van der Waals surface area contributed by atoms with Crippen molar-refractivity contribution in [3.8, 4) is 55.8 Å². The van der Waals surface area contributed by atoms with Crippen molar-refractivity contribution < 1.29 is 0 Å². The number of hydrogen-bond donors (Lipinski definition) is 0. The highest BCUT2D eigenvalue weighted by Gasteiger charge is 2.10. The summed E-state index contributed by atoms with van der Waals surface area (Å²) in [6.07, 6.45) is 9.25. The van der Waals surface area contributed by atoms with Gasteiger partial charge in [0.15, 0.2) is 0 Å². The summed E-state index contributed by atoms with van der Waals surface area (Å²) in [7, 11) is 0.